The van der Waals surface area contributed by atoms with Crippen LogP contribution in [0.5, 0.6) is 0 Å². The maximum absolute atomic E-state index is 3.79. The first-order chi connectivity index (χ1) is 7.36. The van der Waals surface area contributed by atoms with Gasteiger partial charge >= 0.3 is 0 Å². The van der Waals surface area contributed by atoms with Crippen LogP contribution in [0.25, 0.3) is 0 Å². The molecule has 3 nitrogen and oxygen atoms in total. The summed E-state index contributed by atoms with van der Waals surface area (Å²) in [4.78, 5) is 0. The van der Waals surface area contributed by atoms with Crippen molar-refractivity contribution in [3.63, 3.8) is 0 Å². The highest BCUT2D eigenvalue weighted by Gasteiger charge is 2.10. The Kier molecular flexibility index (Phi) is 6.32. The molecule has 1 fully saturated rings. The normalized spacial score (nSPS) is 24.9. The van der Waals surface area contributed by atoms with Gasteiger partial charge in [0, 0.05) is 19.1 Å². The lowest BCUT2D eigenvalue weighted by Gasteiger charge is -2.24. The average Bonchev–Trinajstić information content (AvgIpc) is 2.33. The second-order valence-electron chi connectivity index (χ2n) is 4.06. The summed E-state index contributed by atoms with van der Waals surface area (Å²) in [6.45, 7) is 9.52. The molecule has 1 rings (SSSR count). The van der Waals surface area contributed by atoms with Gasteiger partial charge in [-0.1, -0.05) is 25.0 Å². The predicted molar refractivity (Wildman–Crippen MR) is 65.1 cm³/mol. The summed E-state index contributed by atoms with van der Waals surface area (Å²) in [6.07, 6.45) is 10.0. The van der Waals surface area contributed by atoms with E-state index in [2.05, 4.69) is 29.1 Å². The number of hydrogen-bond acceptors (Lipinski definition) is 3. The van der Waals surface area contributed by atoms with Gasteiger partial charge in [0.25, 0.3) is 0 Å². The molecule has 1 atom stereocenters. The van der Waals surface area contributed by atoms with Crippen molar-refractivity contribution in [3.8, 4) is 0 Å². The number of nitrogens with one attached hydrogen (secondary N) is 2. The third kappa shape index (κ3) is 5.11. The van der Waals surface area contributed by atoms with E-state index in [1.54, 1.807) is 0 Å². The van der Waals surface area contributed by atoms with E-state index >= 15 is 0 Å². The second kappa shape index (κ2) is 7.63. The Morgan fingerprint density at radius 1 is 1.20 bits per heavy atom. The molecule has 1 aliphatic heterocycles. The highest BCUT2D eigenvalue weighted by molar-refractivity contribution is 4.78. The molecular formula is C12H23N3. The fourth-order valence-corrected chi connectivity index (χ4v) is 1.85. The second-order valence-corrected chi connectivity index (χ2v) is 4.06. The van der Waals surface area contributed by atoms with Gasteiger partial charge in [-0.3, -0.25) is 0 Å². The Hall–Kier alpha value is -0.640. The van der Waals surface area contributed by atoms with Crippen LogP contribution < -0.4 is 11.0 Å². The number of nitrogens with zero attached hydrogens (tertiary/aromatic N) is 1. The number of rotatable bonds is 4. The minimum Gasteiger partial charge on any atom is -0.241 e. The Labute approximate surface area is 93.2 Å². The van der Waals surface area contributed by atoms with Gasteiger partial charge in [-0.05, 0) is 19.3 Å². The Morgan fingerprint density at radius 3 is 2.80 bits per heavy atom. The Balaban J connectivity index is 2.39. The molecular weight excluding hydrogens is 186 g/mol. The third-order valence-electron chi connectivity index (χ3n) is 2.71. The van der Waals surface area contributed by atoms with Gasteiger partial charge in [-0.25, -0.2) is 10.4 Å². The third-order valence-corrected chi connectivity index (χ3v) is 2.71. The molecule has 15 heavy (non-hydrogen) atoms. The van der Waals surface area contributed by atoms with Crippen LogP contribution in [0.3, 0.4) is 0 Å². The predicted octanol–water partition coefficient (Wildman–Crippen LogP) is 2.00. The first kappa shape index (κ1) is 12.4. The molecule has 1 saturated heterocycles. The summed E-state index contributed by atoms with van der Waals surface area (Å²) >= 11 is 0. The topological polar surface area (TPSA) is 27.3 Å². The van der Waals surface area contributed by atoms with E-state index in [0.717, 1.165) is 19.5 Å². The van der Waals surface area contributed by atoms with Gasteiger partial charge in [-0.2, -0.15) is 5.53 Å². The molecule has 0 aromatic rings. The van der Waals surface area contributed by atoms with Crippen LogP contribution in [-0.4, -0.2) is 24.1 Å². The van der Waals surface area contributed by atoms with Crippen LogP contribution in [0.15, 0.2) is 25.3 Å². The van der Waals surface area contributed by atoms with E-state index in [0.29, 0.717) is 6.04 Å². The van der Waals surface area contributed by atoms with Crippen LogP contribution in [0.4, 0.5) is 0 Å². The standard InChI is InChI=1S/C12H23N3/c1-3-8-12-9-6-5-7-11-15(10-4-2)14-13-12/h3-4,12-14H,1-2,5-11H2. The molecule has 2 N–H and O–H groups in total. The van der Waals surface area contributed by atoms with E-state index in [-0.39, 0.29) is 0 Å². The fraction of sp³-hybridized carbons (Fsp3) is 0.667. The van der Waals surface area contributed by atoms with Crippen molar-refractivity contribution < 1.29 is 0 Å². The van der Waals surface area contributed by atoms with Gasteiger partial charge in [-0.15, -0.1) is 13.2 Å². The molecule has 0 aliphatic carbocycles. The summed E-state index contributed by atoms with van der Waals surface area (Å²) in [5.74, 6) is 0. The minimum absolute atomic E-state index is 0.507. The molecule has 0 aromatic carbocycles. The van der Waals surface area contributed by atoms with Gasteiger partial charge in [0.15, 0.2) is 0 Å². The van der Waals surface area contributed by atoms with Crippen LogP contribution >= 0.6 is 0 Å². The maximum Gasteiger partial charge on any atom is 0.0322 e. The summed E-state index contributed by atoms with van der Waals surface area (Å²) in [5, 5.41) is 2.18. The molecule has 0 amide bonds. The van der Waals surface area contributed by atoms with Gasteiger partial charge in [0.05, 0.1) is 0 Å². The number of hydrazine groups is 2. The molecule has 1 heterocycles. The number of hydrogen-bond donors (Lipinski definition) is 2. The lowest BCUT2D eigenvalue weighted by atomic mass is 10.1. The molecule has 1 unspecified atom stereocenters. The van der Waals surface area contributed by atoms with Crippen molar-refractivity contribution in [1.82, 2.24) is 16.0 Å². The van der Waals surface area contributed by atoms with E-state index in [1.165, 1.54) is 25.7 Å². The van der Waals surface area contributed by atoms with E-state index in [1.807, 2.05) is 12.2 Å². The summed E-state index contributed by atoms with van der Waals surface area (Å²) in [5.41, 5.74) is 6.62. The summed E-state index contributed by atoms with van der Waals surface area (Å²) < 4.78 is 0. The molecule has 1 aliphatic rings. The van der Waals surface area contributed by atoms with E-state index in [4.69, 9.17) is 0 Å². The summed E-state index contributed by atoms with van der Waals surface area (Å²) in [7, 11) is 0. The van der Waals surface area contributed by atoms with E-state index < -0.39 is 0 Å². The molecule has 3 heteroatoms. The Bertz CT molecular complexity index is 171. The largest absolute Gasteiger partial charge is 0.241 e. The van der Waals surface area contributed by atoms with Crippen LogP contribution in [0.2, 0.25) is 0 Å². The molecule has 0 radical (unpaired) electrons. The molecule has 0 bridgehead atoms. The maximum atomic E-state index is 3.79. The van der Waals surface area contributed by atoms with Crippen molar-refractivity contribution in [2.24, 2.45) is 0 Å². The SMILES string of the molecule is C=CCC1CCCCCN(CC=C)NN1. The molecule has 0 saturated carbocycles. The lowest BCUT2D eigenvalue weighted by Crippen LogP contribution is -2.50. The zero-order valence-electron chi connectivity index (χ0n) is 9.54. The van der Waals surface area contributed by atoms with Gasteiger partial charge in [0.1, 0.15) is 0 Å². The van der Waals surface area contributed by atoms with Gasteiger partial charge in [0.2, 0.25) is 0 Å². The van der Waals surface area contributed by atoms with Crippen molar-refractivity contribution in [2.45, 2.75) is 38.1 Å². The molecule has 86 valence electrons. The lowest BCUT2D eigenvalue weighted by molar-refractivity contribution is 0.157. The van der Waals surface area contributed by atoms with Crippen molar-refractivity contribution in [1.29, 1.82) is 0 Å². The van der Waals surface area contributed by atoms with E-state index in [9.17, 15) is 0 Å². The molecule has 0 aromatic heterocycles. The molecule has 0 spiro atoms. The fourth-order valence-electron chi connectivity index (χ4n) is 1.85. The quantitative estimate of drug-likeness (QED) is 0.694. The monoisotopic (exact) mass is 209 g/mol. The first-order valence-electron chi connectivity index (χ1n) is 5.84. The van der Waals surface area contributed by atoms with Crippen LogP contribution in [0, 0.1) is 0 Å². The van der Waals surface area contributed by atoms with Gasteiger partial charge < -0.3 is 0 Å². The zero-order chi connectivity index (χ0) is 10.9. The van der Waals surface area contributed by atoms with Crippen molar-refractivity contribution in [3.05, 3.63) is 25.3 Å². The highest BCUT2D eigenvalue weighted by Crippen LogP contribution is 2.09. The van der Waals surface area contributed by atoms with Crippen molar-refractivity contribution in [2.75, 3.05) is 13.1 Å². The minimum atomic E-state index is 0.507. The van der Waals surface area contributed by atoms with Crippen molar-refractivity contribution >= 4 is 0 Å². The van der Waals surface area contributed by atoms with Crippen LogP contribution in [-0.2, 0) is 0 Å². The Morgan fingerprint density at radius 2 is 2.07 bits per heavy atom. The zero-order valence-corrected chi connectivity index (χ0v) is 9.54. The average molecular weight is 209 g/mol. The van der Waals surface area contributed by atoms with Crippen LogP contribution in [0.1, 0.15) is 32.1 Å². The smallest absolute Gasteiger partial charge is 0.0322 e. The summed E-state index contributed by atoms with van der Waals surface area (Å²) in [6, 6.07) is 0.507. The first-order valence-corrected chi connectivity index (χ1v) is 5.84. The highest BCUT2D eigenvalue weighted by atomic mass is 15.7.